The molecule has 2 aliphatic heterocycles. The van der Waals surface area contributed by atoms with Crippen molar-refractivity contribution in [2.45, 2.75) is 36.0 Å². The van der Waals surface area contributed by atoms with Crippen molar-refractivity contribution in [2.24, 2.45) is 0 Å². The van der Waals surface area contributed by atoms with Crippen molar-refractivity contribution in [3.63, 3.8) is 0 Å². The summed E-state index contributed by atoms with van der Waals surface area (Å²) in [4.78, 5) is 18.5. The number of anilines is 1. The number of likely N-dealkylation sites (N-methyl/N-ethyl adjacent to an activating group) is 1. The van der Waals surface area contributed by atoms with Gasteiger partial charge in [-0.3, -0.25) is 4.79 Å². The molecule has 1 saturated heterocycles. The number of fused-ring (bicyclic) bond motifs is 1. The van der Waals surface area contributed by atoms with Crippen LogP contribution in [0.1, 0.15) is 18.4 Å². The third-order valence-corrected chi connectivity index (χ3v) is 6.92. The number of hydrogen-bond acceptors (Lipinski definition) is 4. The number of rotatable bonds is 3. The Morgan fingerprint density at radius 2 is 1.78 bits per heavy atom. The number of hydrogen-bond donors (Lipinski definition) is 0. The summed E-state index contributed by atoms with van der Waals surface area (Å²) in [7, 11) is 2.02. The Morgan fingerprint density at radius 1 is 1.07 bits per heavy atom. The van der Waals surface area contributed by atoms with Crippen LogP contribution in [-0.4, -0.2) is 48.8 Å². The van der Waals surface area contributed by atoms with Gasteiger partial charge in [-0.25, -0.2) is 0 Å². The van der Waals surface area contributed by atoms with Gasteiger partial charge in [0.25, 0.3) is 5.91 Å². The van der Waals surface area contributed by atoms with Crippen molar-refractivity contribution in [1.29, 1.82) is 0 Å². The van der Waals surface area contributed by atoms with Crippen LogP contribution < -0.4 is 9.64 Å². The molecule has 0 spiro atoms. The summed E-state index contributed by atoms with van der Waals surface area (Å²) in [6.07, 6.45) is 1.65. The largest absolute Gasteiger partial charge is 0.477 e. The normalized spacial score (nSPS) is 20.1. The molecule has 4 nitrogen and oxygen atoms in total. The molecule has 5 heteroatoms. The number of aryl methyl sites for hydroxylation is 1. The molecular weight excluding hydrogens is 356 g/mol. The predicted octanol–water partition coefficient (Wildman–Crippen LogP) is 3.98. The number of likely N-dealkylation sites (tertiary alicyclic amines) is 1. The van der Waals surface area contributed by atoms with E-state index < -0.39 is 6.10 Å². The molecule has 2 heterocycles. The summed E-state index contributed by atoms with van der Waals surface area (Å²) >= 11 is 1.95. The summed E-state index contributed by atoms with van der Waals surface area (Å²) < 4.78 is 6.02. The lowest BCUT2D eigenvalue weighted by atomic mass is 10.1. The molecule has 0 aromatic heterocycles. The number of carbonyl (C=O) groups excluding carboxylic acids is 1. The Hall–Kier alpha value is -2.14. The molecule has 2 aliphatic rings. The van der Waals surface area contributed by atoms with Gasteiger partial charge < -0.3 is 14.5 Å². The zero-order valence-electron chi connectivity index (χ0n) is 15.9. The van der Waals surface area contributed by atoms with Crippen LogP contribution in [0, 0.1) is 6.92 Å². The lowest BCUT2D eigenvalue weighted by molar-refractivity contribution is -0.139. The number of piperidine rings is 1. The van der Waals surface area contributed by atoms with E-state index in [0.29, 0.717) is 11.8 Å². The van der Waals surface area contributed by atoms with Gasteiger partial charge in [-0.05, 0) is 43.5 Å². The second-order valence-corrected chi connectivity index (χ2v) is 8.70. The first-order chi connectivity index (χ1) is 13.1. The molecule has 1 amide bonds. The molecule has 0 N–H and O–H groups in total. The summed E-state index contributed by atoms with van der Waals surface area (Å²) in [5, 5.41) is 0.575. The molecule has 0 saturated carbocycles. The molecule has 27 heavy (non-hydrogen) atoms. The van der Waals surface area contributed by atoms with E-state index in [1.54, 1.807) is 0 Å². The summed E-state index contributed by atoms with van der Waals surface area (Å²) in [6, 6.07) is 16.5. The number of benzene rings is 2. The fraction of sp³-hybridized carbons (Fsp3) is 0.409. The van der Waals surface area contributed by atoms with Crippen LogP contribution in [0.3, 0.4) is 0 Å². The molecule has 1 atom stereocenters. The molecule has 142 valence electrons. The number of thioether (sulfide) groups is 1. The number of para-hydroxylation sites is 2. The summed E-state index contributed by atoms with van der Waals surface area (Å²) in [5.41, 5.74) is 2.38. The highest BCUT2D eigenvalue weighted by atomic mass is 32.2. The first kappa shape index (κ1) is 18.2. The Labute approximate surface area is 165 Å². The number of carbonyl (C=O) groups is 1. The van der Waals surface area contributed by atoms with Crippen molar-refractivity contribution < 1.29 is 9.53 Å². The van der Waals surface area contributed by atoms with Gasteiger partial charge in [0.1, 0.15) is 5.75 Å². The third-order valence-electron chi connectivity index (χ3n) is 5.40. The Kier molecular flexibility index (Phi) is 5.30. The lowest BCUT2D eigenvalue weighted by Gasteiger charge is -2.38. The van der Waals surface area contributed by atoms with Gasteiger partial charge in [-0.15, -0.1) is 11.8 Å². The van der Waals surface area contributed by atoms with E-state index in [9.17, 15) is 4.79 Å². The van der Waals surface area contributed by atoms with E-state index in [1.807, 2.05) is 48.0 Å². The van der Waals surface area contributed by atoms with E-state index in [2.05, 4.69) is 36.1 Å². The molecular formula is C22H26N2O2S. The maximum absolute atomic E-state index is 13.0. The number of nitrogens with zero attached hydrogens (tertiary/aromatic N) is 2. The Balaban J connectivity index is 1.35. The molecule has 2 aromatic carbocycles. The molecule has 2 aromatic rings. The molecule has 0 bridgehead atoms. The molecule has 4 rings (SSSR count). The van der Waals surface area contributed by atoms with E-state index in [-0.39, 0.29) is 5.91 Å². The minimum atomic E-state index is -0.412. The van der Waals surface area contributed by atoms with Gasteiger partial charge in [-0.1, -0.05) is 30.3 Å². The van der Waals surface area contributed by atoms with Crippen molar-refractivity contribution in [1.82, 2.24) is 4.90 Å². The third kappa shape index (κ3) is 3.93. The van der Waals surface area contributed by atoms with Gasteiger partial charge in [0.2, 0.25) is 0 Å². The maximum atomic E-state index is 13.0. The van der Waals surface area contributed by atoms with Crippen molar-refractivity contribution in [2.75, 3.05) is 31.6 Å². The fourth-order valence-corrected chi connectivity index (χ4v) is 5.02. The van der Waals surface area contributed by atoms with Gasteiger partial charge in [0, 0.05) is 30.3 Å². The highest BCUT2D eigenvalue weighted by Gasteiger charge is 2.34. The SMILES string of the molecule is Cc1ccccc1SC1CCN(C(=O)C2CN(C)c3ccccc3O2)CC1. The average molecular weight is 383 g/mol. The van der Waals surface area contributed by atoms with Crippen LogP contribution in [0.25, 0.3) is 0 Å². The van der Waals surface area contributed by atoms with Crippen LogP contribution in [0.2, 0.25) is 0 Å². The quantitative estimate of drug-likeness (QED) is 0.804. The van der Waals surface area contributed by atoms with E-state index in [0.717, 1.165) is 37.4 Å². The van der Waals surface area contributed by atoms with Crippen molar-refractivity contribution >= 4 is 23.4 Å². The van der Waals surface area contributed by atoms with E-state index in [4.69, 9.17) is 4.74 Å². The second-order valence-electron chi connectivity index (χ2n) is 7.36. The Morgan fingerprint density at radius 3 is 2.56 bits per heavy atom. The van der Waals surface area contributed by atoms with Crippen molar-refractivity contribution in [3.05, 3.63) is 54.1 Å². The monoisotopic (exact) mass is 382 g/mol. The van der Waals surface area contributed by atoms with Gasteiger partial charge >= 0.3 is 0 Å². The summed E-state index contributed by atoms with van der Waals surface area (Å²) in [6.45, 7) is 4.39. The average Bonchev–Trinajstić information content (AvgIpc) is 2.70. The van der Waals surface area contributed by atoms with Gasteiger partial charge in [0.05, 0.1) is 12.2 Å². The molecule has 0 aliphatic carbocycles. The van der Waals surface area contributed by atoms with Crippen LogP contribution >= 0.6 is 11.8 Å². The Bertz CT molecular complexity index is 817. The first-order valence-corrected chi connectivity index (χ1v) is 10.5. The highest BCUT2D eigenvalue weighted by molar-refractivity contribution is 8.00. The van der Waals surface area contributed by atoms with E-state index >= 15 is 0 Å². The molecule has 1 fully saturated rings. The van der Waals surface area contributed by atoms with Gasteiger partial charge in [-0.2, -0.15) is 0 Å². The van der Waals surface area contributed by atoms with Crippen LogP contribution in [0.4, 0.5) is 5.69 Å². The predicted molar refractivity (Wildman–Crippen MR) is 111 cm³/mol. The standard InChI is InChI=1S/C22H26N2O2S/c1-16-7-3-6-10-21(16)27-17-11-13-24(14-12-17)22(25)20-15-23(2)18-8-4-5-9-19(18)26-20/h3-10,17,20H,11-15H2,1-2H3. The van der Waals surface area contributed by atoms with Crippen LogP contribution in [0.5, 0.6) is 5.75 Å². The maximum Gasteiger partial charge on any atom is 0.265 e. The molecule has 1 unspecified atom stereocenters. The zero-order valence-corrected chi connectivity index (χ0v) is 16.7. The van der Waals surface area contributed by atoms with Gasteiger partial charge in [0.15, 0.2) is 6.10 Å². The van der Waals surface area contributed by atoms with Crippen LogP contribution in [0.15, 0.2) is 53.4 Å². The van der Waals surface area contributed by atoms with Crippen LogP contribution in [-0.2, 0) is 4.79 Å². The van der Waals surface area contributed by atoms with Crippen molar-refractivity contribution in [3.8, 4) is 5.75 Å². The smallest absolute Gasteiger partial charge is 0.265 e. The topological polar surface area (TPSA) is 32.8 Å². The number of ether oxygens (including phenoxy) is 1. The first-order valence-electron chi connectivity index (χ1n) is 9.60. The summed E-state index contributed by atoms with van der Waals surface area (Å²) in [5.74, 6) is 0.922. The minimum Gasteiger partial charge on any atom is -0.477 e. The lowest BCUT2D eigenvalue weighted by Crippen LogP contribution is -2.51. The fourth-order valence-electron chi connectivity index (χ4n) is 3.80. The van der Waals surface area contributed by atoms with E-state index in [1.165, 1.54) is 10.5 Å². The number of amides is 1. The highest BCUT2D eigenvalue weighted by Crippen LogP contribution is 2.34. The second kappa shape index (κ2) is 7.85. The molecule has 0 radical (unpaired) electrons. The zero-order chi connectivity index (χ0) is 18.8. The minimum absolute atomic E-state index is 0.121.